The number of methoxy groups -OCH3 is 1. The molecule has 0 aliphatic rings. The quantitative estimate of drug-likeness (QED) is 0.723. The lowest BCUT2D eigenvalue weighted by Crippen LogP contribution is -2.05. The third kappa shape index (κ3) is 4.29. The molecule has 15 heavy (non-hydrogen) atoms. The molecule has 0 aliphatic heterocycles. The summed E-state index contributed by atoms with van der Waals surface area (Å²) in [5.41, 5.74) is 0. The van der Waals surface area contributed by atoms with E-state index >= 15 is 0 Å². The van der Waals surface area contributed by atoms with Crippen molar-refractivity contribution in [1.82, 2.24) is 0 Å². The van der Waals surface area contributed by atoms with Crippen LogP contribution in [0.1, 0.15) is 18.8 Å². The van der Waals surface area contributed by atoms with Crippen molar-refractivity contribution in [2.45, 2.75) is 19.1 Å². The van der Waals surface area contributed by atoms with Crippen LogP contribution in [-0.4, -0.2) is 25.1 Å². The van der Waals surface area contributed by atoms with Crippen LogP contribution in [0.25, 0.3) is 0 Å². The molecule has 4 nitrogen and oxygen atoms in total. The first-order valence-electron chi connectivity index (χ1n) is 4.57. The minimum absolute atomic E-state index is 0.125. The molecule has 0 bridgehead atoms. The maximum Gasteiger partial charge on any atom is 0.147 e. The molecule has 1 aromatic heterocycles. The molecule has 0 saturated heterocycles. The lowest BCUT2D eigenvalue weighted by atomic mass is 10.2. The zero-order valence-electron chi connectivity index (χ0n) is 8.77. The minimum Gasteiger partial charge on any atom is -0.466 e. The predicted molar refractivity (Wildman–Crippen MR) is 52.6 cm³/mol. The zero-order chi connectivity index (χ0) is 11.1. The molecular weight excluding hydrogens is 196 g/mol. The van der Waals surface area contributed by atoms with Crippen molar-refractivity contribution in [3.05, 3.63) is 36.3 Å². The van der Waals surface area contributed by atoms with Crippen LogP contribution in [-0.2, 0) is 9.47 Å². The van der Waals surface area contributed by atoms with Crippen LogP contribution in [0.2, 0.25) is 0 Å². The third-order valence-corrected chi connectivity index (χ3v) is 1.58. The van der Waals surface area contributed by atoms with Gasteiger partial charge in [0.25, 0.3) is 0 Å². The normalized spacial score (nSPS) is 15.7. The second-order valence-electron chi connectivity index (χ2n) is 2.93. The molecule has 0 saturated carbocycles. The van der Waals surface area contributed by atoms with Crippen molar-refractivity contribution in [3.8, 4) is 0 Å². The van der Waals surface area contributed by atoms with E-state index in [0.717, 1.165) is 0 Å². The number of hydrogen-bond donors (Lipinski definition) is 1. The Balaban J connectivity index is 2.61. The van der Waals surface area contributed by atoms with Gasteiger partial charge in [0.2, 0.25) is 0 Å². The van der Waals surface area contributed by atoms with E-state index in [1.54, 1.807) is 25.3 Å². The summed E-state index contributed by atoms with van der Waals surface area (Å²) in [5.74, 6) is 0.597. The molecule has 4 heteroatoms. The minimum atomic E-state index is -0.686. The molecule has 0 aliphatic carbocycles. The van der Waals surface area contributed by atoms with E-state index < -0.39 is 12.2 Å². The number of rotatable bonds is 6. The molecule has 0 amide bonds. The number of ether oxygens (including phenoxy) is 2. The van der Waals surface area contributed by atoms with Gasteiger partial charge in [-0.1, -0.05) is 0 Å². The molecule has 2 radical (unpaired) electrons. The SMILES string of the molecule is COCO[C@H]([C]=[C][C@H](C)O)c1ccco1. The van der Waals surface area contributed by atoms with Crippen molar-refractivity contribution in [2.24, 2.45) is 0 Å². The van der Waals surface area contributed by atoms with Crippen molar-refractivity contribution < 1.29 is 19.0 Å². The van der Waals surface area contributed by atoms with Gasteiger partial charge in [0.1, 0.15) is 18.7 Å². The summed E-state index contributed by atoms with van der Waals surface area (Å²) in [4.78, 5) is 0. The molecule has 1 aromatic rings. The largest absolute Gasteiger partial charge is 0.466 e. The van der Waals surface area contributed by atoms with Crippen LogP contribution >= 0.6 is 0 Å². The first-order valence-corrected chi connectivity index (χ1v) is 4.57. The lowest BCUT2D eigenvalue weighted by Gasteiger charge is -2.10. The van der Waals surface area contributed by atoms with Gasteiger partial charge in [0.05, 0.1) is 12.4 Å². The molecule has 82 valence electrons. The Labute approximate surface area is 89.1 Å². The van der Waals surface area contributed by atoms with Crippen LogP contribution in [0.15, 0.2) is 22.8 Å². The highest BCUT2D eigenvalue weighted by atomic mass is 16.7. The molecule has 0 fully saturated rings. The van der Waals surface area contributed by atoms with E-state index in [9.17, 15) is 0 Å². The average molecular weight is 210 g/mol. The molecular formula is C11H14O4. The van der Waals surface area contributed by atoms with Crippen LogP contribution in [0, 0.1) is 12.2 Å². The summed E-state index contributed by atoms with van der Waals surface area (Å²) in [6.45, 7) is 1.71. The van der Waals surface area contributed by atoms with Crippen molar-refractivity contribution in [3.63, 3.8) is 0 Å². The van der Waals surface area contributed by atoms with Crippen LogP contribution in [0.5, 0.6) is 0 Å². The van der Waals surface area contributed by atoms with Crippen molar-refractivity contribution in [1.29, 1.82) is 0 Å². The van der Waals surface area contributed by atoms with E-state index in [1.165, 1.54) is 7.11 Å². The first kappa shape index (κ1) is 12.0. The van der Waals surface area contributed by atoms with Gasteiger partial charge in [-0.2, -0.15) is 0 Å². The second-order valence-corrected chi connectivity index (χ2v) is 2.93. The monoisotopic (exact) mass is 210 g/mol. The van der Waals surface area contributed by atoms with Gasteiger partial charge in [-0.25, -0.2) is 0 Å². The Bertz CT molecular complexity index is 277. The fourth-order valence-electron chi connectivity index (χ4n) is 0.968. The van der Waals surface area contributed by atoms with E-state index in [-0.39, 0.29) is 6.79 Å². The number of furan rings is 1. The van der Waals surface area contributed by atoms with E-state index in [1.807, 2.05) is 0 Å². The average Bonchev–Trinajstić information content (AvgIpc) is 2.71. The Morgan fingerprint density at radius 2 is 2.33 bits per heavy atom. The third-order valence-electron chi connectivity index (χ3n) is 1.58. The zero-order valence-corrected chi connectivity index (χ0v) is 8.77. The Morgan fingerprint density at radius 3 is 2.87 bits per heavy atom. The summed E-state index contributed by atoms with van der Waals surface area (Å²) >= 11 is 0. The van der Waals surface area contributed by atoms with Gasteiger partial charge in [0.15, 0.2) is 0 Å². The van der Waals surface area contributed by atoms with Gasteiger partial charge >= 0.3 is 0 Å². The lowest BCUT2D eigenvalue weighted by molar-refractivity contribution is -0.0655. The molecule has 0 aromatic carbocycles. The highest BCUT2D eigenvalue weighted by Crippen LogP contribution is 2.18. The molecule has 2 atom stereocenters. The summed E-state index contributed by atoms with van der Waals surface area (Å²) in [6.07, 6.45) is 5.72. The van der Waals surface area contributed by atoms with Crippen LogP contribution < -0.4 is 0 Å². The first-order chi connectivity index (χ1) is 7.24. The van der Waals surface area contributed by atoms with Gasteiger partial charge in [-0.05, 0) is 25.1 Å². The Morgan fingerprint density at radius 1 is 1.53 bits per heavy atom. The van der Waals surface area contributed by atoms with Crippen molar-refractivity contribution >= 4 is 0 Å². The molecule has 1 heterocycles. The van der Waals surface area contributed by atoms with Gasteiger partial charge in [-0.15, -0.1) is 0 Å². The highest BCUT2D eigenvalue weighted by Gasteiger charge is 2.12. The Kier molecular flexibility index (Phi) is 5.10. The fraction of sp³-hybridized carbons (Fsp3) is 0.455. The van der Waals surface area contributed by atoms with E-state index in [4.69, 9.17) is 19.0 Å². The standard InChI is InChI=1S/C11H14O4/c1-9(12)5-6-11(15-8-13-2)10-4-3-7-14-10/h3-4,7,9,11-12H,8H2,1-2H3/t9-,11+/m0/s1. The van der Waals surface area contributed by atoms with E-state index in [2.05, 4.69) is 12.2 Å². The van der Waals surface area contributed by atoms with Crippen LogP contribution in [0.3, 0.4) is 0 Å². The summed E-state index contributed by atoms with van der Waals surface area (Å²) in [5, 5.41) is 9.03. The Hall–Kier alpha value is -1.10. The fourth-order valence-corrected chi connectivity index (χ4v) is 0.968. The van der Waals surface area contributed by atoms with Crippen LogP contribution in [0.4, 0.5) is 0 Å². The summed E-state index contributed by atoms with van der Waals surface area (Å²) in [6, 6.07) is 3.51. The predicted octanol–water partition coefficient (Wildman–Crippen LogP) is 1.48. The van der Waals surface area contributed by atoms with Gasteiger partial charge in [0, 0.05) is 13.2 Å². The second kappa shape index (κ2) is 6.40. The number of hydrogen-bond acceptors (Lipinski definition) is 4. The summed E-state index contributed by atoms with van der Waals surface area (Å²) < 4.78 is 15.2. The van der Waals surface area contributed by atoms with Gasteiger partial charge in [-0.3, -0.25) is 0 Å². The topological polar surface area (TPSA) is 51.8 Å². The highest BCUT2D eigenvalue weighted by molar-refractivity contribution is 5.05. The maximum absolute atomic E-state index is 9.03. The van der Waals surface area contributed by atoms with Gasteiger partial charge < -0.3 is 19.0 Å². The number of aliphatic hydroxyl groups excluding tert-OH is 1. The van der Waals surface area contributed by atoms with Crippen molar-refractivity contribution in [2.75, 3.05) is 13.9 Å². The molecule has 0 unspecified atom stereocenters. The molecule has 1 rings (SSSR count). The smallest absolute Gasteiger partial charge is 0.147 e. The maximum atomic E-state index is 9.03. The van der Waals surface area contributed by atoms with E-state index in [0.29, 0.717) is 5.76 Å². The molecule has 0 spiro atoms. The number of aliphatic hydroxyl groups is 1. The summed E-state index contributed by atoms with van der Waals surface area (Å²) in [7, 11) is 1.53. The molecule has 1 N–H and O–H groups in total.